The Bertz CT molecular complexity index is 601. The van der Waals surface area contributed by atoms with E-state index in [-0.39, 0.29) is 12.1 Å². The Morgan fingerprint density at radius 2 is 1.70 bits per heavy atom. The van der Waals surface area contributed by atoms with Gasteiger partial charge in [0.2, 0.25) is 0 Å². The molecule has 2 atom stereocenters. The van der Waals surface area contributed by atoms with Crippen molar-refractivity contribution in [1.29, 1.82) is 0 Å². The molecule has 106 valence electrons. The van der Waals surface area contributed by atoms with E-state index in [4.69, 9.17) is 0 Å². The van der Waals surface area contributed by atoms with Gasteiger partial charge >= 0.3 is 0 Å². The number of rotatable bonds is 4. The van der Waals surface area contributed by atoms with E-state index < -0.39 is 11.6 Å². The summed E-state index contributed by atoms with van der Waals surface area (Å²) >= 11 is 3.43. The van der Waals surface area contributed by atoms with Crippen molar-refractivity contribution in [2.45, 2.75) is 25.9 Å². The highest BCUT2D eigenvalue weighted by molar-refractivity contribution is 9.10. The second-order valence-electron chi connectivity index (χ2n) is 4.81. The van der Waals surface area contributed by atoms with Crippen molar-refractivity contribution in [2.24, 2.45) is 0 Å². The van der Waals surface area contributed by atoms with Crippen LogP contribution in [0.15, 0.2) is 46.9 Å². The molecule has 0 aliphatic heterocycles. The highest BCUT2D eigenvalue weighted by Gasteiger charge is 2.16. The average Bonchev–Trinajstić information content (AvgIpc) is 2.41. The van der Waals surface area contributed by atoms with E-state index in [1.54, 1.807) is 6.07 Å². The van der Waals surface area contributed by atoms with Crippen LogP contribution < -0.4 is 5.32 Å². The first-order chi connectivity index (χ1) is 9.49. The predicted molar refractivity (Wildman–Crippen MR) is 80.5 cm³/mol. The van der Waals surface area contributed by atoms with Gasteiger partial charge in [0.1, 0.15) is 0 Å². The van der Waals surface area contributed by atoms with Crippen LogP contribution in [0.2, 0.25) is 0 Å². The highest BCUT2D eigenvalue weighted by Crippen LogP contribution is 2.24. The van der Waals surface area contributed by atoms with Gasteiger partial charge in [-0.3, -0.25) is 0 Å². The third kappa shape index (κ3) is 3.44. The fraction of sp³-hybridized carbons (Fsp3) is 0.250. The Labute approximate surface area is 126 Å². The Kier molecular flexibility index (Phi) is 4.89. The van der Waals surface area contributed by atoms with E-state index in [1.165, 1.54) is 6.07 Å². The summed E-state index contributed by atoms with van der Waals surface area (Å²) in [5, 5.41) is 3.28. The Morgan fingerprint density at radius 1 is 1.00 bits per heavy atom. The lowest BCUT2D eigenvalue weighted by molar-refractivity contribution is 0.449. The second-order valence-corrected chi connectivity index (χ2v) is 5.72. The van der Waals surface area contributed by atoms with Crippen LogP contribution in [0.3, 0.4) is 0 Å². The highest BCUT2D eigenvalue weighted by atomic mass is 79.9. The van der Waals surface area contributed by atoms with Gasteiger partial charge in [-0.15, -0.1) is 0 Å². The standard InChI is InChI=1S/C16H16BrF2N/c1-10(12-5-3-6-13(17)9-12)20-11(2)14-7-4-8-15(18)16(14)19/h3-11,20H,1-2H3/t10-,11?/m0/s1. The van der Waals surface area contributed by atoms with Crippen LogP contribution in [0.25, 0.3) is 0 Å². The van der Waals surface area contributed by atoms with Crippen molar-refractivity contribution in [3.63, 3.8) is 0 Å². The fourth-order valence-electron chi connectivity index (χ4n) is 2.19. The van der Waals surface area contributed by atoms with Gasteiger partial charge in [-0.2, -0.15) is 0 Å². The number of hydrogen-bond acceptors (Lipinski definition) is 1. The number of halogens is 3. The topological polar surface area (TPSA) is 12.0 Å². The normalized spacial score (nSPS) is 14.1. The van der Waals surface area contributed by atoms with Crippen molar-refractivity contribution >= 4 is 15.9 Å². The molecular formula is C16H16BrF2N. The molecule has 1 N–H and O–H groups in total. The summed E-state index contributed by atoms with van der Waals surface area (Å²) in [6.45, 7) is 3.82. The molecule has 1 unspecified atom stereocenters. The van der Waals surface area contributed by atoms with Gasteiger partial charge in [0.05, 0.1) is 0 Å². The van der Waals surface area contributed by atoms with Crippen LogP contribution in [0.4, 0.5) is 8.78 Å². The summed E-state index contributed by atoms with van der Waals surface area (Å²) in [5.74, 6) is -1.60. The number of benzene rings is 2. The first kappa shape index (κ1) is 15.1. The monoisotopic (exact) mass is 339 g/mol. The number of nitrogens with one attached hydrogen (secondary N) is 1. The van der Waals surface area contributed by atoms with E-state index in [2.05, 4.69) is 21.2 Å². The van der Waals surface area contributed by atoms with Crippen LogP contribution in [-0.4, -0.2) is 0 Å². The zero-order valence-electron chi connectivity index (χ0n) is 11.3. The molecule has 0 saturated carbocycles. The minimum absolute atomic E-state index is 0.0326. The first-order valence-electron chi connectivity index (χ1n) is 6.44. The molecule has 0 saturated heterocycles. The van der Waals surface area contributed by atoms with Gasteiger partial charge in [-0.1, -0.05) is 40.2 Å². The predicted octanol–water partition coefficient (Wildman–Crippen LogP) is 5.14. The van der Waals surface area contributed by atoms with Crippen LogP contribution in [0.5, 0.6) is 0 Å². The van der Waals surface area contributed by atoms with Gasteiger partial charge in [0.15, 0.2) is 11.6 Å². The second kappa shape index (κ2) is 6.46. The Balaban J connectivity index is 2.15. The molecule has 2 aromatic rings. The molecule has 0 radical (unpaired) electrons. The van der Waals surface area contributed by atoms with Crippen molar-refractivity contribution in [1.82, 2.24) is 5.32 Å². The Morgan fingerprint density at radius 3 is 2.40 bits per heavy atom. The third-order valence-electron chi connectivity index (χ3n) is 3.30. The summed E-state index contributed by atoms with van der Waals surface area (Å²) in [4.78, 5) is 0. The van der Waals surface area contributed by atoms with Crippen molar-refractivity contribution in [2.75, 3.05) is 0 Å². The van der Waals surface area contributed by atoms with Crippen LogP contribution >= 0.6 is 15.9 Å². The molecule has 0 aliphatic carbocycles. The molecule has 0 fully saturated rings. The molecule has 0 amide bonds. The van der Waals surface area contributed by atoms with Crippen LogP contribution in [-0.2, 0) is 0 Å². The average molecular weight is 340 g/mol. The van der Waals surface area contributed by atoms with Crippen LogP contribution in [0, 0.1) is 11.6 Å². The molecule has 0 aliphatic rings. The summed E-state index contributed by atoms with van der Waals surface area (Å²) in [6.07, 6.45) is 0. The van der Waals surface area contributed by atoms with E-state index in [0.717, 1.165) is 16.1 Å². The van der Waals surface area contributed by atoms with E-state index in [1.807, 2.05) is 38.1 Å². The summed E-state index contributed by atoms with van der Waals surface area (Å²) < 4.78 is 28.0. The molecule has 2 aromatic carbocycles. The Hall–Kier alpha value is -1.26. The SMILES string of the molecule is CC(N[C@@H](C)c1cccc(Br)c1)c1cccc(F)c1F. The maximum atomic E-state index is 13.7. The molecular weight excluding hydrogens is 324 g/mol. The number of hydrogen-bond donors (Lipinski definition) is 1. The largest absolute Gasteiger partial charge is 0.304 e. The van der Waals surface area contributed by atoms with E-state index >= 15 is 0 Å². The van der Waals surface area contributed by atoms with Gasteiger partial charge in [0.25, 0.3) is 0 Å². The third-order valence-corrected chi connectivity index (χ3v) is 3.79. The molecule has 0 spiro atoms. The lowest BCUT2D eigenvalue weighted by atomic mass is 10.0. The van der Waals surface area contributed by atoms with Gasteiger partial charge in [-0.25, -0.2) is 8.78 Å². The molecule has 1 nitrogen and oxygen atoms in total. The molecule has 20 heavy (non-hydrogen) atoms. The summed E-state index contributed by atoms with van der Waals surface area (Å²) in [7, 11) is 0. The lowest BCUT2D eigenvalue weighted by Crippen LogP contribution is -2.23. The quantitative estimate of drug-likeness (QED) is 0.813. The first-order valence-corrected chi connectivity index (χ1v) is 7.23. The van der Waals surface area contributed by atoms with Crippen molar-refractivity contribution in [3.8, 4) is 0 Å². The molecule has 4 heteroatoms. The van der Waals surface area contributed by atoms with E-state index in [0.29, 0.717) is 5.56 Å². The maximum Gasteiger partial charge on any atom is 0.163 e. The summed E-state index contributed by atoms with van der Waals surface area (Å²) in [5.41, 5.74) is 1.43. The lowest BCUT2D eigenvalue weighted by Gasteiger charge is -2.21. The molecule has 0 heterocycles. The van der Waals surface area contributed by atoms with E-state index in [9.17, 15) is 8.78 Å². The molecule has 2 rings (SSSR count). The van der Waals surface area contributed by atoms with Crippen molar-refractivity contribution in [3.05, 3.63) is 69.7 Å². The van der Waals surface area contributed by atoms with Crippen LogP contribution in [0.1, 0.15) is 37.1 Å². The zero-order valence-corrected chi connectivity index (χ0v) is 12.9. The smallest absolute Gasteiger partial charge is 0.163 e. The van der Waals surface area contributed by atoms with Crippen molar-refractivity contribution < 1.29 is 8.78 Å². The summed E-state index contributed by atoms with van der Waals surface area (Å²) in [6, 6.07) is 11.9. The van der Waals surface area contributed by atoms with Gasteiger partial charge in [0, 0.05) is 22.1 Å². The van der Waals surface area contributed by atoms with Gasteiger partial charge < -0.3 is 5.32 Å². The van der Waals surface area contributed by atoms with Gasteiger partial charge in [-0.05, 0) is 37.6 Å². The molecule has 0 bridgehead atoms. The minimum Gasteiger partial charge on any atom is -0.304 e. The fourth-order valence-corrected chi connectivity index (χ4v) is 2.61. The maximum absolute atomic E-state index is 13.7. The zero-order chi connectivity index (χ0) is 14.7. The molecule has 0 aromatic heterocycles. The minimum atomic E-state index is -0.814.